The van der Waals surface area contributed by atoms with Gasteiger partial charge >= 0.3 is 5.97 Å². The SMILES string of the molecule is CCOC(=O)C=C(C)Nc1ccc(NC(C)=O)cc1. The summed E-state index contributed by atoms with van der Waals surface area (Å²) in [6, 6.07) is 7.18. The molecule has 0 aliphatic heterocycles. The van der Waals surface area contributed by atoms with Gasteiger partial charge in [0.05, 0.1) is 6.61 Å². The predicted octanol–water partition coefficient (Wildman–Crippen LogP) is 2.52. The fraction of sp³-hybridized carbons (Fsp3) is 0.286. The minimum Gasteiger partial charge on any atom is -0.463 e. The Morgan fingerprint density at radius 3 is 2.11 bits per heavy atom. The third-order valence-electron chi connectivity index (χ3n) is 2.17. The summed E-state index contributed by atoms with van der Waals surface area (Å²) in [6.45, 7) is 5.35. The molecule has 0 aliphatic rings. The van der Waals surface area contributed by atoms with E-state index in [9.17, 15) is 9.59 Å². The Morgan fingerprint density at radius 2 is 1.63 bits per heavy atom. The largest absolute Gasteiger partial charge is 0.463 e. The first kappa shape index (κ1) is 14.8. The van der Waals surface area contributed by atoms with Crippen molar-refractivity contribution < 1.29 is 14.3 Å². The number of hydrogen-bond acceptors (Lipinski definition) is 4. The lowest BCUT2D eigenvalue weighted by molar-refractivity contribution is -0.137. The maximum absolute atomic E-state index is 11.2. The van der Waals surface area contributed by atoms with Crippen molar-refractivity contribution in [2.45, 2.75) is 20.8 Å². The van der Waals surface area contributed by atoms with Crippen LogP contribution in [0.15, 0.2) is 36.0 Å². The van der Waals surface area contributed by atoms with Crippen molar-refractivity contribution in [3.63, 3.8) is 0 Å². The van der Waals surface area contributed by atoms with Gasteiger partial charge in [0.25, 0.3) is 0 Å². The van der Waals surface area contributed by atoms with E-state index >= 15 is 0 Å². The Hall–Kier alpha value is -2.30. The molecule has 102 valence electrons. The summed E-state index contributed by atoms with van der Waals surface area (Å²) in [5.74, 6) is -0.485. The van der Waals surface area contributed by atoms with Gasteiger partial charge in [-0.15, -0.1) is 0 Å². The highest BCUT2D eigenvalue weighted by Crippen LogP contribution is 2.15. The molecule has 0 aromatic heterocycles. The minimum atomic E-state index is -0.373. The molecule has 5 nitrogen and oxygen atoms in total. The van der Waals surface area contributed by atoms with Crippen LogP contribution in [0.4, 0.5) is 11.4 Å². The molecule has 1 aromatic carbocycles. The van der Waals surface area contributed by atoms with Gasteiger partial charge in [0.15, 0.2) is 0 Å². The van der Waals surface area contributed by atoms with Crippen LogP contribution in [0.2, 0.25) is 0 Å². The zero-order valence-electron chi connectivity index (χ0n) is 11.3. The van der Waals surface area contributed by atoms with E-state index < -0.39 is 0 Å². The van der Waals surface area contributed by atoms with Crippen molar-refractivity contribution in [1.29, 1.82) is 0 Å². The van der Waals surface area contributed by atoms with E-state index in [-0.39, 0.29) is 11.9 Å². The van der Waals surface area contributed by atoms with Gasteiger partial charge in [-0.25, -0.2) is 4.79 Å². The van der Waals surface area contributed by atoms with E-state index in [1.807, 2.05) is 12.1 Å². The highest BCUT2D eigenvalue weighted by atomic mass is 16.5. The van der Waals surface area contributed by atoms with Gasteiger partial charge in [-0.1, -0.05) is 0 Å². The maximum Gasteiger partial charge on any atom is 0.332 e. The second-order valence-corrected chi connectivity index (χ2v) is 3.96. The molecule has 1 amide bonds. The summed E-state index contributed by atoms with van der Waals surface area (Å²) in [5.41, 5.74) is 2.24. The summed E-state index contributed by atoms with van der Waals surface area (Å²) < 4.78 is 4.81. The summed E-state index contributed by atoms with van der Waals surface area (Å²) in [7, 11) is 0. The first-order valence-corrected chi connectivity index (χ1v) is 6.01. The molecule has 0 fully saturated rings. The molecule has 2 N–H and O–H groups in total. The van der Waals surface area contributed by atoms with Crippen LogP contribution in [-0.2, 0) is 14.3 Å². The first-order valence-electron chi connectivity index (χ1n) is 6.01. The zero-order valence-corrected chi connectivity index (χ0v) is 11.3. The molecule has 0 bridgehead atoms. The first-order chi connectivity index (χ1) is 9.01. The lowest BCUT2D eigenvalue weighted by atomic mass is 10.2. The lowest BCUT2D eigenvalue weighted by Crippen LogP contribution is -2.06. The lowest BCUT2D eigenvalue weighted by Gasteiger charge is -2.08. The van der Waals surface area contributed by atoms with Crippen LogP contribution in [0.25, 0.3) is 0 Å². The molecular weight excluding hydrogens is 244 g/mol. The minimum absolute atomic E-state index is 0.112. The molecular formula is C14H18N2O3. The van der Waals surface area contributed by atoms with Crippen molar-refractivity contribution in [3.05, 3.63) is 36.0 Å². The predicted molar refractivity (Wildman–Crippen MR) is 74.8 cm³/mol. The zero-order chi connectivity index (χ0) is 14.3. The molecule has 0 saturated carbocycles. The number of benzene rings is 1. The van der Waals surface area contributed by atoms with Crippen LogP contribution in [-0.4, -0.2) is 18.5 Å². The fourth-order valence-corrected chi connectivity index (χ4v) is 1.46. The van der Waals surface area contributed by atoms with Gasteiger partial charge in [-0.2, -0.15) is 0 Å². The van der Waals surface area contributed by atoms with E-state index in [2.05, 4.69) is 10.6 Å². The number of carbonyl (C=O) groups is 2. The summed E-state index contributed by atoms with van der Waals surface area (Å²) >= 11 is 0. The van der Waals surface area contributed by atoms with Crippen molar-refractivity contribution in [3.8, 4) is 0 Å². The maximum atomic E-state index is 11.2. The number of amides is 1. The van der Waals surface area contributed by atoms with Gasteiger partial charge in [-0.05, 0) is 38.1 Å². The molecule has 19 heavy (non-hydrogen) atoms. The third-order valence-corrected chi connectivity index (χ3v) is 2.17. The number of anilines is 2. The van der Waals surface area contributed by atoms with Gasteiger partial charge in [0.1, 0.15) is 0 Å². The smallest absolute Gasteiger partial charge is 0.332 e. The molecule has 0 heterocycles. The summed E-state index contributed by atoms with van der Waals surface area (Å²) in [5, 5.41) is 5.74. The third kappa shape index (κ3) is 5.72. The second kappa shape index (κ2) is 7.20. The van der Waals surface area contributed by atoms with Crippen LogP contribution in [0.1, 0.15) is 20.8 Å². The Labute approximate surface area is 112 Å². The van der Waals surface area contributed by atoms with Crippen molar-refractivity contribution in [2.24, 2.45) is 0 Å². The molecule has 0 spiro atoms. The Kier molecular flexibility index (Phi) is 5.60. The van der Waals surface area contributed by atoms with E-state index in [0.29, 0.717) is 12.3 Å². The number of esters is 1. The van der Waals surface area contributed by atoms with Crippen LogP contribution in [0.5, 0.6) is 0 Å². The monoisotopic (exact) mass is 262 g/mol. The normalized spacial score (nSPS) is 10.8. The van der Waals surface area contributed by atoms with E-state index in [1.165, 1.54) is 13.0 Å². The van der Waals surface area contributed by atoms with Crippen LogP contribution in [0.3, 0.4) is 0 Å². The molecule has 1 aromatic rings. The Bertz CT molecular complexity index is 478. The number of ether oxygens (including phenoxy) is 1. The van der Waals surface area contributed by atoms with Crippen LogP contribution < -0.4 is 10.6 Å². The molecule has 5 heteroatoms. The van der Waals surface area contributed by atoms with Crippen LogP contribution >= 0.6 is 0 Å². The average molecular weight is 262 g/mol. The van der Waals surface area contributed by atoms with E-state index in [4.69, 9.17) is 4.74 Å². The number of rotatable bonds is 5. The number of allylic oxidation sites excluding steroid dienone is 1. The number of nitrogens with one attached hydrogen (secondary N) is 2. The van der Waals surface area contributed by atoms with E-state index in [1.54, 1.807) is 26.0 Å². The van der Waals surface area contributed by atoms with Crippen LogP contribution in [0, 0.1) is 0 Å². The molecule has 1 rings (SSSR count). The highest BCUT2D eigenvalue weighted by Gasteiger charge is 2.00. The molecule has 0 radical (unpaired) electrons. The van der Waals surface area contributed by atoms with Gasteiger partial charge in [0.2, 0.25) is 5.91 Å². The summed E-state index contributed by atoms with van der Waals surface area (Å²) in [4.78, 5) is 22.1. The quantitative estimate of drug-likeness (QED) is 0.632. The average Bonchev–Trinajstić information content (AvgIpc) is 2.31. The summed E-state index contributed by atoms with van der Waals surface area (Å²) in [6.07, 6.45) is 1.39. The number of hydrogen-bond donors (Lipinski definition) is 2. The Balaban J connectivity index is 2.62. The molecule has 0 unspecified atom stereocenters. The van der Waals surface area contributed by atoms with Gasteiger partial charge < -0.3 is 15.4 Å². The molecule has 0 atom stereocenters. The van der Waals surface area contributed by atoms with E-state index in [0.717, 1.165) is 11.4 Å². The second-order valence-electron chi connectivity index (χ2n) is 3.96. The fourth-order valence-electron chi connectivity index (χ4n) is 1.46. The van der Waals surface area contributed by atoms with Crippen molar-refractivity contribution >= 4 is 23.3 Å². The van der Waals surface area contributed by atoms with Gasteiger partial charge in [-0.3, -0.25) is 4.79 Å². The topological polar surface area (TPSA) is 67.4 Å². The number of carbonyl (C=O) groups excluding carboxylic acids is 2. The standard InChI is InChI=1S/C14H18N2O3/c1-4-19-14(18)9-10(2)15-12-5-7-13(8-6-12)16-11(3)17/h5-9,15H,4H2,1-3H3,(H,16,17). The molecule has 0 aliphatic carbocycles. The van der Waals surface area contributed by atoms with Crippen molar-refractivity contribution in [1.82, 2.24) is 0 Å². The highest BCUT2D eigenvalue weighted by molar-refractivity contribution is 5.88. The molecule has 0 saturated heterocycles. The van der Waals surface area contributed by atoms with Crippen molar-refractivity contribution in [2.75, 3.05) is 17.2 Å². The Morgan fingerprint density at radius 1 is 1.11 bits per heavy atom. The van der Waals surface area contributed by atoms with Gasteiger partial charge in [0, 0.05) is 30.1 Å².